The lowest BCUT2D eigenvalue weighted by Crippen LogP contribution is -2.34. The molecule has 0 saturated carbocycles. The number of hydrogen-bond donors (Lipinski definition) is 0. The normalized spacial score (nSPS) is 10.3. The number of amides is 2. The van der Waals surface area contributed by atoms with Crippen molar-refractivity contribution in [3.63, 3.8) is 0 Å². The molecule has 109 valence electrons. The molecule has 0 atom stereocenters. The van der Waals surface area contributed by atoms with Crippen LogP contribution >= 0.6 is 0 Å². The lowest BCUT2D eigenvalue weighted by molar-refractivity contribution is -0.125. The topological polar surface area (TPSA) is 37.4 Å². The molecule has 1 rings (SSSR count). The van der Waals surface area contributed by atoms with Crippen molar-refractivity contribution in [3.8, 4) is 0 Å². The number of benzene rings is 1. The van der Waals surface area contributed by atoms with E-state index in [9.17, 15) is 9.59 Å². The van der Waals surface area contributed by atoms with Crippen LogP contribution in [0, 0.1) is 6.92 Å². The van der Waals surface area contributed by atoms with Crippen molar-refractivity contribution < 1.29 is 9.59 Å². The number of nitrogens with zero attached hydrogens (tertiary/aromatic N) is 1. The summed E-state index contributed by atoms with van der Waals surface area (Å²) in [5, 5.41) is 0. The molecule has 0 heterocycles. The van der Waals surface area contributed by atoms with Gasteiger partial charge in [-0.2, -0.15) is 0 Å². The minimum Gasteiger partial charge on any atom is -0.274 e. The summed E-state index contributed by atoms with van der Waals surface area (Å²) in [5.74, 6) is -0.402. The Bertz CT molecular complexity index is 437. The van der Waals surface area contributed by atoms with Gasteiger partial charge in [-0.3, -0.25) is 14.5 Å². The van der Waals surface area contributed by atoms with E-state index >= 15 is 0 Å². The Morgan fingerprint density at radius 2 is 1.75 bits per heavy atom. The van der Waals surface area contributed by atoms with Crippen molar-refractivity contribution in [1.29, 1.82) is 0 Å². The minimum atomic E-state index is -0.236. The van der Waals surface area contributed by atoms with Gasteiger partial charge in [-0.1, -0.05) is 45.2 Å². The Kier molecular flexibility index (Phi) is 6.99. The van der Waals surface area contributed by atoms with Crippen molar-refractivity contribution in [2.75, 3.05) is 4.90 Å². The monoisotopic (exact) mass is 274 g/mol. The number of aryl methyl sites for hydroxylation is 1. The van der Waals surface area contributed by atoms with Crippen molar-refractivity contribution in [2.24, 2.45) is 0 Å². The lowest BCUT2D eigenvalue weighted by Gasteiger charge is -2.18. The van der Waals surface area contributed by atoms with Gasteiger partial charge in [0.1, 0.15) is 0 Å². The molecule has 0 fully saturated rings. The maximum Gasteiger partial charge on any atom is 0.233 e. The molecule has 1 radical (unpaired) electrons. The van der Waals surface area contributed by atoms with Gasteiger partial charge in [0.2, 0.25) is 11.8 Å². The van der Waals surface area contributed by atoms with E-state index in [0.717, 1.165) is 19.3 Å². The SMILES string of the molecule is [CH2]CCCCCc1ccc(N(C(C)=O)C(=O)CC)cc1. The van der Waals surface area contributed by atoms with E-state index in [1.165, 1.54) is 30.2 Å². The fourth-order valence-electron chi connectivity index (χ4n) is 2.15. The molecule has 1 aromatic rings. The van der Waals surface area contributed by atoms with Crippen molar-refractivity contribution in [1.82, 2.24) is 0 Å². The number of carbonyl (C=O) groups is 2. The largest absolute Gasteiger partial charge is 0.274 e. The molecule has 0 aliphatic heterocycles. The van der Waals surface area contributed by atoms with Crippen LogP contribution in [-0.4, -0.2) is 11.8 Å². The van der Waals surface area contributed by atoms with Crippen LogP contribution in [0.3, 0.4) is 0 Å². The zero-order valence-corrected chi connectivity index (χ0v) is 12.5. The van der Waals surface area contributed by atoms with Crippen LogP contribution in [0.1, 0.15) is 51.5 Å². The Morgan fingerprint density at radius 1 is 1.10 bits per heavy atom. The number of carbonyl (C=O) groups excluding carboxylic acids is 2. The van der Waals surface area contributed by atoms with Crippen LogP contribution in [0.15, 0.2) is 24.3 Å². The molecule has 0 saturated heterocycles. The first-order valence-electron chi connectivity index (χ1n) is 7.31. The molecule has 0 unspecified atom stereocenters. The lowest BCUT2D eigenvalue weighted by atomic mass is 10.1. The second-order valence-corrected chi connectivity index (χ2v) is 4.93. The van der Waals surface area contributed by atoms with Gasteiger partial charge in [-0.15, -0.1) is 0 Å². The van der Waals surface area contributed by atoms with E-state index in [1.807, 2.05) is 24.3 Å². The van der Waals surface area contributed by atoms with Gasteiger partial charge in [0.25, 0.3) is 0 Å². The summed E-state index contributed by atoms with van der Waals surface area (Å²) < 4.78 is 0. The standard InChI is InChI=1S/C17H24NO2/c1-4-6-7-8-9-15-10-12-16(13-11-15)18(14(3)19)17(20)5-2/h10-13H,1,4-9H2,2-3H3. The number of imide groups is 1. The van der Waals surface area contributed by atoms with Gasteiger partial charge in [-0.05, 0) is 30.5 Å². The first-order valence-corrected chi connectivity index (χ1v) is 7.31. The highest BCUT2D eigenvalue weighted by molar-refractivity contribution is 6.13. The van der Waals surface area contributed by atoms with Gasteiger partial charge in [0.05, 0.1) is 5.69 Å². The van der Waals surface area contributed by atoms with Crippen LogP contribution < -0.4 is 4.90 Å². The second kappa shape index (κ2) is 8.51. The molecule has 0 aromatic heterocycles. The third kappa shape index (κ3) is 4.80. The first-order chi connectivity index (χ1) is 9.60. The summed E-state index contributed by atoms with van der Waals surface area (Å²) in [5.41, 5.74) is 1.90. The minimum absolute atomic E-state index is 0.166. The van der Waals surface area contributed by atoms with Crippen molar-refractivity contribution in [3.05, 3.63) is 36.8 Å². The predicted molar refractivity (Wildman–Crippen MR) is 82.4 cm³/mol. The molecule has 0 spiro atoms. The van der Waals surface area contributed by atoms with Crippen LogP contribution in [0.25, 0.3) is 0 Å². The van der Waals surface area contributed by atoms with Crippen LogP contribution in [0.5, 0.6) is 0 Å². The Hall–Kier alpha value is -1.64. The molecule has 20 heavy (non-hydrogen) atoms. The number of hydrogen-bond acceptors (Lipinski definition) is 2. The highest BCUT2D eigenvalue weighted by atomic mass is 16.2. The third-order valence-electron chi connectivity index (χ3n) is 3.28. The molecule has 0 aliphatic rings. The Balaban J connectivity index is 2.68. The molecule has 0 aliphatic carbocycles. The highest BCUT2D eigenvalue weighted by Gasteiger charge is 2.17. The first kappa shape index (κ1) is 16.4. The Labute approximate surface area is 122 Å². The van der Waals surface area contributed by atoms with E-state index in [0.29, 0.717) is 12.1 Å². The van der Waals surface area contributed by atoms with Gasteiger partial charge >= 0.3 is 0 Å². The summed E-state index contributed by atoms with van der Waals surface area (Å²) in [4.78, 5) is 24.6. The molecular formula is C17H24NO2. The molecule has 3 heteroatoms. The van der Waals surface area contributed by atoms with E-state index in [1.54, 1.807) is 6.92 Å². The molecule has 0 N–H and O–H groups in total. The predicted octanol–water partition coefficient (Wildman–Crippen LogP) is 3.91. The molecular weight excluding hydrogens is 250 g/mol. The van der Waals surface area contributed by atoms with Crippen molar-refractivity contribution in [2.45, 2.75) is 52.4 Å². The fourth-order valence-corrected chi connectivity index (χ4v) is 2.15. The third-order valence-corrected chi connectivity index (χ3v) is 3.28. The molecule has 2 amide bonds. The molecule has 0 bridgehead atoms. The average molecular weight is 274 g/mol. The maximum absolute atomic E-state index is 11.8. The van der Waals surface area contributed by atoms with Crippen molar-refractivity contribution >= 4 is 17.5 Å². The Morgan fingerprint density at radius 3 is 2.25 bits per heavy atom. The maximum atomic E-state index is 11.8. The van der Waals surface area contributed by atoms with Crippen LogP contribution in [0.4, 0.5) is 5.69 Å². The summed E-state index contributed by atoms with van der Waals surface area (Å²) in [6.07, 6.45) is 5.86. The van der Waals surface area contributed by atoms with E-state index < -0.39 is 0 Å². The zero-order chi connectivity index (χ0) is 15.0. The summed E-state index contributed by atoms with van der Waals surface area (Å²) in [7, 11) is 0. The zero-order valence-electron chi connectivity index (χ0n) is 12.5. The summed E-state index contributed by atoms with van der Waals surface area (Å²) in [6.45, 7) is 7.01. The number of rotatable bonds is 7. The molecule has 3 nitrogen and oxygen atoms in total. The number of unbranched alkanes of at least 4 members (excludes halogenated alkanes) is 3. The smallest absolute Gasteiger partial charge is 0.233 e. The quantitative estimate of drug-likeness (QED) is 0.707. The van der Waals surface area contributed by atoms with Gasteiger partial charge in [0.15, 0.2) is 0 Å². The highest BCUT2D eigenvalue weighted by Crippen LogP contribution is 2.18. The second-order valence-electron chi connectivity index (χ2n) is 4.93. The number of anilines is 1. The van der Waals surface area contributed by atoms with Gasteiger partial charge < -0.3 is 0 Å². The average Bonchev–Trinajstić information content (AvgIpc) is 2.44. The van der Waals surface area contributed by atoms with E-state index in [2.05, 4.69) is 6.92 Å². The molecule has 1 aromatic carbocycles. The summed E-state index contributed by atoms with van der Waals surface area (Å²) in [6, 6.07) is 7.70. The van der Waals surface area contributed by atoms with Gasteiger partial charge in [0, 0.05) is 13.3 Å². The van der Waals surface area contributed by atoms with Gasteiger partial charge in [-0.25, -0.2) is 0 Å². The van der Waals surface area contributed by atoms with Crippen LogP contribution in [-0.2, 0) is 16.0 Å². The fraction of sp³-hybridized carbons (Fsp3) is 0.471. The van der Waals surface area contributed by atoms with Crippen LogP contribution in [0.2, 0.25) is 0 Å². The van der Waals surface area contributed by atoms with E-state index in [-0.39, 0.29) is 11.8 Å². The summed E-state index contributed by atoms with van der Waals surface area (Å²) >= 11 is 0. The van der Waals surface area contributed by atoms with E-state index in [4.69, 9.17) is 0 Å².